The van der Waals surface area contributed by atoms with Gasteiger partial charge in [0.25, 0.3) is 0 Å². The van der Waals surface area contributed by atoms with Crippen LogP contribution in [0.25, 0.3) is 0 Å². The molecule has 0 spiro atoms. The van der Waals surface area contributed by atoms with Gasteiger partial charge in [-0.2, -0.15) is 0 Å². The van der Waals surface area contributed by atoms with Crippen LogP contribution in [0.2, 0.25) is 0 Å². The Kier molecular flexibility index (Phi) is 6.93. The Morgan fingerprint density at radius 3 is 2.36 bits per heavy atom. The monoisotopic (exact) mass is 176 g/mol. The molecule has 2 unspecified atom stereocenters. The standard InChI is InChI=1S/C9H20OS/c1-4-6-7-8-11(10)9(3)5-2/h9H,4-8H2,1-3H3. The van der Waals surface area contributed by atoms with Crippen LogP contribution in [0.5, 0.6) is 0 Å². The second-order valence-corrected chi connectivity index (χ2v) is 4.99. The summed E-state index contributed by atoms with van der Waals surface area (Å²) in [5.74, 6) is 0.906. The summed E-state index contributed by atoms with van der Waals surface area (Å²) in [6, 6.07) is 0. The molecule has 0 aromatic heterocycles. The lowest BCUT2D eigenvalue weighted by molar-refractivity contribution is 0.663. The summed E-state index contributed by atoms with van der Waals surface area (Å²) in [7, 11) is -0.566. The van der Waals surface area contributed by atoms with Gasteiger partial charge >= 0.3 is 0 Å². The molecule has 0 aliphatic rings. The molecule has 0 bridgehead atoms. The quantitative estimate of drug-likeness (QED) is 0.569. The third-order valence-corrected chi connectivity index (χ3v) is 3.89. The van der Waals surface area contributed by atoms with Crippen molar-refractivity contribution in [2.45, 2.75) is 51.7 Å². The Labute approximate surface area is 73.0 Å². The SMILES string of the molecule is CCCCCS(=O)C(C)CC. The van der Waals surface area contributed by atoms with E-state index in [1.807, 2.05) is 0 Å². The van der Waals surface area contributed by atoms with Gasteiger partial charge in [0, 0.05) is 21.8 Å². The first-order valence-electron chi connectivity index (χ1n) is 4.59. The van der Waals surface area contributed by atoms with Gasteiger partial charge in [0.1, 0.15) is 0 Å². The van der Waals surface area contributed by atoms with Gasteiger partial charge < -0.3 is 0 Å². The van der Waals surface area contributed by atoms with Crippen molar-refractivity contribution >= 4 is 10.8 Å². The second-order valence-electron chi connectivity index (χ2n) is 3.01. The van der Waals surface area contributed by atoms with E-state index in [0.29, 0.717) is 5.25 Å². The maximum atomic E-state index is 11.4. The van der Waals surface area contributed by atoms with Crippen LogP contribution in [0.4, 0.5) is 0 Å². The molecule has 0 saturated carbocycles. The Morgan fingerprint density at radius 2 is 1.91 bits per heavy atom. The summed E-state index contributed by atoms with van der Waals surface area (Å²) < 4.78 is 11.4. The summed E-state index contributed by atoms with van der Waals surface area (Å²) in [6.45, 7) is 6.34. The van der Waals surface area contributed by atoms with Crippen molar-refractivity contribution in [3.05, 3.63) is 0 Å². The van der Waals surface area contributed by atoms with Crippen molar-refractivity contribution in [1.29, 1.82) is 0 Å². The lowest BCUT2D eigenvalue weighted by Crippen LogP contribution is -2.12. The molecule has 0 aliphatic heterocycles. The normalized spacial score (nSPS) is 16.3. The molecule has 0 rings (SSSR count). The van der Waals surface area contributed by atoms with Gasteiger partial charge in [-0.05, 0) is 12.8 Å². The van der Waals surface area contributed by atoms with Crippen LogP contribution in [-0.4, -0.2) is 15.2 Å². The van der Waals surface area contributed by atoms with Gasteiger partial charge in [0.05, 0.1) is 0 Å². The lowest BCUT2D eigenvalue weighted by atomic mass is 10.3. The van der Waals surface area contributed by atoms with Crippen molar-refractivity contribution in [3.63, 3.8) is 0 Å². The average molecular weight is 176 g/mol. The minimum absolute atomic E-state index is 0.395. The fourth-order valence-electron chi connectivity index (χ4n) is 0.881. The van der Waals surface area contributed by atoms with Gasteiger partial charge in [0.2, 0.25) is 0 Å². The summed E-state index contributed by atoms with van der Waals surface area (Å²) in [4.78, 5) is 0. The van der Waals surface area contributed by atoms with Crippen molar-refractivity contribution in [1.82, 2.24) is 0 Å². The summed E-state index contributed by atoms with van der Waals surface area (Å²) in [5, 5.41) is 0.395. The summed E-state index contributed by atoms with van der Waals surface area (Å²) >= 11 is 0. The molecule has 2 heteroatoms. The van der Waals surface area contributed by atoms with E-state index in [2.05, 4.69) is 20.8 Å². The Balaban J connectivity index is 3.36. The molecule has 0 aromatic rings. The third-order valence-electron chi connectivity index (χ3n) is 1.97. The first kappa shape index (κ1) is 11.2. The third kappa shape index (κ3) is 5.42. The Morgan fingerprint density at radius 1 is 1.27 bits per heavy atom. The minimum Gasteiger partial charge on any atom is -0.259 e. The average Bonchev–Trinajstić information content (AvgIpc) is 2.03. The molecule has 1 nitrogen and oxygen atoms in total. The van der Waals surface area contributed by atoms with Gasteiger partial charge in [-0.15, -0.1) is 0 Å². The van der Waals surface area contributed by atoms with Gasteiger partial charge in [0.15, 0.2) is 0 Å². The van der Waals surface area contributed by atoms with E-state index < -0.39 is 10.8 Å². The number of hydrogen-bond acceptors (Lipinski definition) is 1. The van der Waals surface area contributed by atoms with E-state index in [4.69, 9.17) is 0 Å². The van der Waals surface area contributed by atoms with Crippen molar-refractivity contribution in [2.24, 2.45) is 0 Å². The van der Waals surface area contributed by atoms with Crippen LogP contribution in [0.1, 0.15) is 46.5 Å². The molecule has 68 valence electrons. The van der Waals surface area contributed by atoms with E-state index in [1.165, 1.54) is 12.8 Å². The Hall–Kier alpha value is 0.150. The Bertz CT molecular complexity index is 112. The number of rotatable bonds is 6. The van der Waals surface area contributed by atoms with E-state index in [1.54, 1.807) is 0 Å². The number of hydrogen-bond donors (Lipinski definition) is 0. The van der Waals surface area contributed by atoms with E-state index in [-0.39, 0.29) is 0 Å². The molecule has 2 atom stereocenters. The molecule has 0 saturated heterocycles. The van der Waals surface area contributed by atoms with Crippen LogP contribution >= 0.6 is 0 Å². The molecule has 0 aliphatic carbocycles. The van der Waals surface area contributed by atoms with Gasteiger partial charge in [-0.1, -0.05) is 33.6 Å². The summed E-state index contributed by atoms with van der Waals surface area (Å²) in [6.07, 6.45) is 4.62. The highest BCUT2D eigenvalue weighted by atomic mass is 32.2. The van der Waals surface area contributed by atoms with Crippen LogP contribution in [0.3, 0.4) is 0 Å². The zero-order valence-electron chi connectivity index (χ0n) is 7.93. The zero-order chi connectivity index (χ0) is 8.69. The molecular weight excluding hydrogens is 156 g/mol. The minimum atomic E-state index is -0.566. The predicted octanol–water partition coefficient (Wildman–Crippen LogP) is 2.72. The van der Waals surface area contributed by atoms with Crippen LogP contribution in [0, 0.1) is 0 Å². The first-order chi connectivity index (χ1) is 5.22. The number of unbranched alkanes of at least 4 members (excludes halogenated alkanes) is 2. The largest absolute Gasteiger partial charge is 0.259 e. The van der Waals surface area contributed by atoms with Gasteiger partial charge in [-0.25, -0.2) is 0 Å². The predicted molar refractivity (Wildman–Crippen MR) is 52.3 cm³/mol. The molecule has 0 radical (unpaired) electrons. The molecule has 0 fully saturated rings. The molecule has 0 N–H and O–H groups in total. The van der Waals surface area contributed by atoms with Crippen molar-refractivity contribution in [3.8, 4) is 0 Å². The fourth-order valence-corrected chi connectivity index (χ4v) is 2.14. The fraction of sp³-hybridized carbons (Fsp3) is 1.00. The highest BCUT2D eigenvalue weighted by Crippen LogP contribution is 2.04. The molecule has 0 amide bonds. The smallest absolute Gasteiger partial charge is 0.0317 e. The zero-order valence-corrected chi connectivity index (χ0v) is 8.75. The van der Waals surface area contributed by atoms with Crippen LogP contribution in [0.15, 0.2) is 0 Å². The maximum Gasteiger partial charge on any atom is 0.0317 e. The van der Waals surface area contributed by atoms with E-state index in [0.717, 1.165) is 18.6 Å². The van der Waals surface area contributed by atoms with Crippen molar-refractivity contribution in [2.75, 3.05) is 5.75 Å². The summed E-state index contributed by atoms with van der Waals surface area (Å²) in [5.41, 5.74) is 0. The second kappa shape index (κ2) is 6.84. The first-order valence-corrected chi connectivity index (χ1v) is 5.97. The molecule has 0 aromatic carbocycles. The van der Waals surface area contributed by atoms with Gasteiger partial charge in [-0.3, -0.25) is 4.21 Å². The molecule has 11 heavy (non-hydrogen) atoms. The highest BCUT2D eigenvalue weighted by Gasteiger charge is 2.06. The maximum absolute atomic E-state index is 11.4. The van der Waals surface area contributed by atoms with E-state index >= 15 is 0 Å². The molecule has 0 heterocycles. The van der Waals surface area contributed by atoms with Crippen LogP contribution in [-0.2, 0) is 10.8 Å². The van der Waals surface area contributed by atoms with Crippen molar-refractivity contribution < 1.29 is 4.21 Å². The highest BCUT2D eigenvalue weighted by molar-refractivity contribution is 7.85. The lowest BCUT2D eigenvalue weighted by Gasteiger charge is -2.07. The van der Waals surface area contributed by atoms with Crippen LogP contribution < -0.4 is 0 Å². The topological polar surface area (TPSA) is 17.1 Å². The van der Waals surface area contributed by atoms with E-state index in [9.17, 15) is 4.21 Å². The molecular formula is C9H20OS.